The van der Waals surface area contributed by atoms with Crippen LogP contribution in [0.2, 0.25) is 0 Å². The Kier molecular flexibility index (Phi) is 3.15. The second-order valence-corrected chi connectivity index (χ2v) is 3.69. The summed E-state index contributed by atoms with van der Waals surface area (Å²) in [5, 5.41) is 17.9. The third-order valence-electron chi connectivity index (χ3n) is 2.51. The Morgan fingerprint density at radius 2 is 1.68 bits per heavy atom. The number of hydrogen-bond acceptors (Lipinski definition) is 4. The number of carbonyl (C=O) groups excluding carboxylic acids is 1. The molecule has 2 N–H and O–H groups in total. The van der Waals surface area contributed by atoms with Crippen LogP contribution in [-0.2, 0) is 0 Å². The Bertz CT molecular complexity index is 668. The van der Waals surface area contributed by atoms with E-state index in [0.29, 0.717) is 17.6 Å². The number of aromatic carboxylic acids is 2. The van der Waals surface area contributed by atoms with Crippen molar-refractivity contribution in [3.05, 3.63) is 47.2 Å². The minimum atomic E-state index is -1.35. The summed E-state index contributed by atoms with van der Waals surface area (Å²) in [5.41, 5.74) is -0.261. The molecule has 96 valence electrons. The number of carbonyl (C=O) groups is 3. The highest BCUT2D eigenvalue weighted by Crippen LogP contribution is 2.24. The van der Waals surface area contributed by atoms with Crippen LogP contribution in [0.4, 0.5) is 0 Å². The maximum atomic E-state index is 11.0. The maximum absolute atomic E-state index is 11.0. The van der Waals surface area contributed by atoms with Gasteiger partial charge in [-0.05, 0) is 24.3 Å². The second kappa shape index (κ2) is 4.77. The zero-order chi connectivity index (χ0) is 14.0. The highest BCUT2D eigenvalue weighted by molar-refractivity contribution is 6.02. The van der Waals surface area contributed by atoms with Gasteiger partial charge in [0, 0.05) is 5.56 Å². The molecule has 0 spiro atoms. The van der Waals surface area contributed by atoms with E-state index in [1.807, 2.05) is 0 Å². The predicted octanol–water partition coefficient (Wildman–Crippen LogP) is 2.16. The van der Waals surface area contributed by atoms with Crippen molar-refractivity contribution in [3.63, 3.8) is 0 Å². The molecule has 6 heteroatoms. The van der Waals surface area contributed by atoms with Crippen LogP contribution in [0.15, 0.2) is 34.7 Å². The molecule has 6 nitrogen and oxygen atoms in total. The van der Waals surface area contributed by atoms with E-state index in [1.54, 1.807) is 0 Å². The first-order valence-electron chi connectivity index (χ1n) is 5.19. The summed E-state index contributed by atoms with van der Waals surface area (Å²) >= 11 is 0. The average Bonchev–Trinajstić information content (AvgIpc) is 2.86. The first-order valence-corrected chi connectivity index (χ1v) is 5.19. The number of aldehydes is 1. The molecule has 0 radical (unpaired) electrons. The summed E-state index contributed by atoms with van der Waals surface area (Å²) < 4.78 is 5.15. The smallest absolute Gasteiger partial charge is 0.336 e. The van der Waals surface area contributed by atoms with Crippen molar-refractivity contribution in [2.45, 2.75) is 0 Å². The third kappa shape index (κ3) is 2.37. The maximum Gasteiger partial charge on any atom is 0.336 e. The molecule has 0 aliphatic carbocycles. The molecule has 0 aliphatic heterocycles. The van der Waals surface area contributed by atoms with Crippen molar-refractivity contribution >= 4 is 18.2 Å². The van der Waals surface area contributed by atoms with Gasteiger partial charge in [0.1, 0.15) is 5.76 Å². The topological polar surface area (TPSA) is 105 Å². The lowest BCUT2D eigenvalue weighted by molar-refractivity contribution is 0.0651. The normalized spacial score (nSPS) is 10.1. The number of hydrogen-bond donors (Lipinski definition) is 2. The van der Waals surface area contributed by atoms with Crippen LogP contribution in [0.1, 0.15) is 31.3 Å². The first kappa shape index (κ1) is 12.6. The molecular formula is C13H8O6. The molecular weight excluding hydrogens is 252 g/mol. The van der Waals surface area contributed by atoms with Crippen LogP contribution in [0, 0.1) is 0 Å². The average molecular weight is 260 g/mol. The van der Waals surface area contributed by atoms with Crippen LogP contribution in [0.3, 0.4) is 0 Å². The molecule has 0 aliphatic rings. The van der Waals surface area contributed by atoms with Crippen molar-refractivity contribution in [3.8, 4) is 11.3 Å². The van der Waals surface area contributed by atoms with E-state index < -0.39 is 11.9 Å². The number of carboxylic acids is 2. The highest BCUT2D eigenvalue weighted by atomic mass is 16.4. The molecule has 0 saturated heterocycles. The third-order valence-corrected chi connectivity index (χ3v) is 2.51. The molecule has 0 atom stereocenters. The minimum absolute atomic E-state index is 0.106. The number of rotatable bonds is 4. The van der Waals surface area contributed by atoms with E-state index in [1.165, 1.54) is 30.3 Å². The molecule has 2 aromatic rings. The second-order valence-electron chi connectivity index (χ2n) is 3.69. The van der Waals surface area contributed by atoms with Gasteiger partial charge in [-0.2, -0.15) is 0 Å². The van der Waals surface area contributed by atoms with E-state index in [-0.39, 0.29) is 16.9 Å². The number of carboxylic acid groups (broad SMARTS) is 2. The highest BCUT2D eigenvalue weighted by Gasteiger charge is 2.17. The van der Waals surface area contributed by atoms with Gasteiger partial charge in [-0.1, -0.05) is 6.07 Å². The van der Waals surface area contributed by atoms with Crippen molar-refractivity contribution in [2.24, 2.45) is 0 Å². The van der Waals surface area contributed by atoms with Crippen molar-refractivity contribution in [2.75, 3.05) is 0 Å². The van der Waals surface area contributed by atoms with Gasteiger partial charge in [0.05, 0.1) is 11.1 Å². The van der Waals surface area contributed by atoms with Gasteiger partial charge in [0.15, 0.2) is 12.0 Å². The fourth-order valence-corrected chi connectivity index (χ4v) is 1.63. The Labute approximate surface area is 106 Å². The standard InChI is InChI=1S/C13H8O6/c14-6-8-2-4-11(19-8)7-1-3-9(12(15)16)10(5-7)13(17)18/h1-6H,(H,15,16)(H,17,18). The summed E-state index contributed by atoms with van der Waals surface area (Å²) in [7, 11) is 0. The summed E-state index contributed by atoms with van der Waals surface area (Å²) in [6, 6.07) is 6.74. The molecule has 0 fully saturated rings. The minimum Gasteiger partial charge on any atom is -0.478 e. The fraction of sp³-hybridized carbons (Fsp3) is 0. The van der Waals surface area contributed by atoms with E-state index in [0.717, 1.165) is 0 Å². The van der Waals surface area contributed by atoms with Crippen molar-refractivity contribution < 1.29 is 29.0 Å². The van der Waals surface area contributed by atoms with Crippen molar-refractivity contribution in [1.82, 2.24) is 0 Å². The lowest BCUT2D eigenvalue weighted by Gasteiger charge is -2.03. The SMILES string of the molecule is O=Cc1ccc(-c2ccc(C(=O)O)c(C(=O)O)c2)o1. The van der Waals surface area contributed by atoms with Crippen LogP contribution in [0.5, 0.6) is 0 Å². The lowest BCUT2D eigenvalue weighted by Crippen LogP contribution is -2.07. The molecule has 0 saturated carbocycles. The van der Waals surface area contributed by atoms with Gasteiger partial charge >= 0.3 is 11.9 Å². The summed E-state index contributed by atoms with van der Waals surface area (Å²) in [5.74, 6) is -2.27. The quantitative estimate of drug-likeness (QED) is 0.816. The van der Waals surface area contributed by atoms with Gasteiger partial charge in [-0.25, -0.2) is 9.59 Å². The van der Waals surface area contributed by atoms with Crippen LogP contribution in [-0.4, -0.2) is 28.4 Å². The van der Waals surface area contributed by atoms with Crippen molar-refractivity contribution in [1.29, 1.82) is 0 Å². The summed E-state index contributed by atoms with van der Waals surface area (Å²) in [6.45, 7) is 0. The number of benzene rings is 1. The number of furan rings is 1. The molecule has 1 aromatic carbocycles. The summed E-state index contributed by atoms with van der Waals surface area (Å²) in [6.07, 6.45) is 0.521. The van der Waals surface area contributed by atoms with E-state index in [4.69, 9.17) is 14.6 Å². The monoisotopic (exact) mass is 260 g/mol. The largest absolute Gasteiger partial charge is 0.478 e. The Hall–Kier alpha value is -2.89. The van der Waals surface area contributed by atoms with Gasteiger partial charge in [0.25, 0.3) is 0 Å². The Balaban J connectivity index is 2.54. The molecule has 0 unspecified atom stereocenters. The zero-order valence-corrected chi connectivity index (χ0v) is 9.49. The Morgan fingerprint density at radius 3 is 2.21 bits per heavy atom. The van der Waals surface area contributed by atoms with Gasteiger partial charge in [-0.15, -0.1) is 0 Å². The van der Waals surface area contributed by atoms with Gasteiger partial charge < -0.3 is 14.6 Å². The van der Waals surface area contributed by atoms with E-state index in [2.05, 4.69) is 0 Å². The van der Waals surface area contributed by atoms with Crippen LogP contribution < -0.4 is 0 Å². The molecule has 0 bridgehead atoms. The van der Waals surface area contributed by atoms with E-state index >= 15 is 0 Å². The van der Waals surface area contributed by atoms with Crippen LogP contribution in [0.25, 0.3) is 11.3 Å². The summed E-state index contributed by atoms with van der Waals surface area (Å²) in [4.78, 5) is 32.4. The molecule has 1 heterocycles. The first-order chi connectivity index (χ1) is 9.02. The lowest BCUT2D eigenvalue weighted by atomic mass is 10.0. The fourth-order valence-electron chi connectivity index (χ4n) is 1.63. The molecule has 19 heavy (non-hydrogen) atoms. The zero-order valence-electron chi connectivity index (χ0n) is 9.49. The van der Waals surface area contributed by atoms with Gasteiger partial charge in [-0.3, -0.25) is 4.79 Å². The molecule has 2 rings (SSSR count). The van der Waals surface area contributed by atoms with Crippen LogP contribution >= 0.6 is 0 Å². The predicted molar refractivity (Wildman–Crippen MR) is 63.5 cm³/mol. The molecule has 0 amide bonds. The van der Waals surface area contributed by atoms with Gasteiger partial charge in [0.2, 0.25) is 0 Å². The van der Waals surface area contributed by atoms with E-state index in [9.17, 15) is 14.4 Å². The Morgan fingerprint density at radius 1 is 1.00 bits per heavy atom. The molecule has 1 aromatic heterocycles.